The second-order valence-corrected chi connectivity index (χ2v) is 5.89. The number of nitrogens with zero attached hydrogens (tertiary/aromatic N) is 1. The Kier molecular flexibility index (Phi) is 3.83. The average molecular weight is 266 g/mol. The molecule has 104 valence electrons. The second-order valence-electron chi connectivity index (χ2n) is 5.89. The minimum atomic E-state index is 0.404. The summed E-state index contributed by atoms with van der Waals surface area (Å²) >= 11 is 0. The first kappa shape index (κ1) is 13.3. The highest BCUT2D eigenvalue weighted by Gasteiger charge is 2.31. The molecule has 1 unspecified atom stereocenters. The van der Waals surface area contributed by atoms with E-state index in [4.69, 9.17) is 0 Å². The molecule has 1 aliphatic rings. The van der Waals surface area contributed by atoms with Gasteiger partial charge in [-0.15, -0.1) is 0 Å². The van der Waals surface area contributed by atoms with E-state index in [2.05, 4.69) is 60.5 Å². The van der Waals surface area contributed by atoms with E-state index in [1.165, 1.54) is 29.5 Å². The van der Waals surface area contributed by atoms with Gasteiger partial charge in [0.25, 0.3) is 0 Å². The van der Waals surface area contributed by atoms with Crippen molar-refractivity contribution in [2.45, 2.75) is 44.7 Å². The molecule has 0 spiro atoms. The molecule has 0 saturated heterocycles. The van der Waals surface area contributed by atoms with Crippen molar-refractivity contribution < 1.29 is 0 Å². The van der Waals surface area contributed by atoms with Crippen molar-refractivity contribution in [1.29, 1.82) is 0 Å². The number of rotatable bonds is 4. The standard InChI is InChI=1S/C18H22N2/c1-13-5-3-4-6-18(13)16-11-17(12-16)20-14(2)15-7-9-19-10-8-15/h3-10,14,16-17,20H,11-12H2,1-2H3. The first-order valence-corrected chi connectivity index (χ1v) is 7.45. The van der Waals surface area contributed by atoms with Crippen LogP contribution in [0.2, 0.25) is 0 Å². The molecule has 0 aliphatic heterocycles. The Labute approximate surface area is 121 Å². The first-order chi connectivity index (χ1) is 9.74. The maximum Gasteiger partial charge on any atom is 0.0295 e. The third-order valence-electron chi connectivity index (χ3n) is 4.46. The highest BCUT2D eigenvalue weighted by Crippen LogP contribution is 2.39. The van der Waals surface area contributed by atoms with Crippen LogP contribution in [0.25, 0.3) is 0 Å². The lowest BCUT2D eigenvalue weighted by molar-refractivity contribution is 0.270. The van der Waals surface area contributed by atoms with E-state index < -0.39 is 0 Å². The van der Waals surface area contributed by atoms with Gasteiger partial charge in [0.1, 0.15) is 0 Å². The summed E-state index contributed by atoms with van der Waals surface area (Å²) in [6.45, 7) is 4.45. The molecule has 1 heterocycles. The second kappa shape index (κ2) is 5.76. The molecule has 0 bridgehead atoms. The van der Waals surface area contributed by atoms with E-state index in [-0.39, 0.29) is 0 Å². The SMILES string of the molecule is Cc1ccccc1C1CC(NC(C)c2ccncc2)C1. The van der Waals surface area contributed by atoms with E-state index >= 15 is 0 Å². The molecule has 1 fully saturated rings. The van der Waals surface area contributed by atoms with Crippen LogP contribution in [0, 0.1) is 6.92 Å². The number of aryl methyl sites for hydroxylation is 1. The Bertz CT molecular complexity index is 559. The number of benzene rings is 1. The van der Waals surface area contributed by atoms with Gasteiger partial charge in [-0.05, 0) is 61.4 Å². The van der Waals surface area contributed by atoms with E-state index in [1.807, 2.05) is 12.4 Å². The van der Waals surface area contributed by atoms with Crippen LogP contribution in [-0.4, -0.2) is 11.0 Å². The van der Waals surface area contributed by atoms with Gasteiger partial charge in [0.2, 0.25) is 0 Å². The topological polar surface area (TPSA) is 24.9 Å². The van der Waals surface area contributed by atoms with Crippen molar-refractivity contribution in [1.82, 2.24) is 10.3 Å². The molecule has 2 nitrogen and oxygen atoms in total. The molecule has 1 saturated carbocycles. The third kappa shape index (κ3) is 2.75. The zero-order chi connectivity index (χ0) is 13.9. The molecular formula is C18H22N2. The van der Waals surface area contributed by atoms with Crippen LogP contribution in [0.3, 0.4) is 0 Å². The Morgan fingerprint density at radius 2 is 1.80 bits per heavy atom. The van der Waals surface area contributed by atoms with Crippen molar-refractivity contribution >= 4 is 0 Å². The summed E-state index contributed by atoms with van der Waals surface area (Å²) in [6, 6.07) is 14.0. The Balaban J connectivity index is 1.55. The molecule has 1 aliphatic carbocycles. The van der Waals surface area contributed by atoms with Crippen LogP contribution >= 0.6 is 0 Å². The van der Waals surface area contributed by atoms with Crippen molar-refractivity contribution in [3.05, 3.63) is 65.5 Å². The lowest BCUT2D eigenvalue weighted by atomic mass is 9.74. The predicted octanol–water partition coefficient (Wildman–Crippen LogP) is 3.99. The normalized spacial score (nSPS) is 23.1. The monoisotopic (exact) mass is 266 g/mol. The van der Waals surface area contributed by atoms with E-state index in [0.29, 0.717) is 12.1 Å². The Morgan fingerprint density at radius 3 is 2.50 bits per heavy atom. The van der Waals surface area contributed by atoms with Gasteiger partial charge in [-0.25, -0.2) is 0 Å². The number of nitrogens with one attached hydrogen (secondary N) is 1. The van der Waals surface area contributed by atoms with Gasteiger partial charge >= 0.3 is 0 Å². The van der Waals surface area contributed by atoms with Crippen molar-refractivity contribution in [3.63, 3.8) is 0 Å². The quantitative estimate of drug-likeness (QED) is 0.905. The fourth-order valence-electron chi connectivity index (χ4n) is 3.15. The maximum atomic E-state index is 4.07. The molecular weight excluding hydrogens is 244 g/mol. The van der Waals surface area contributed by atoms with Gasteiger partial charge in [0.05, 0.1) is 0 Å². The Hall–Kier alpha value is -1.67. The van der Waals surface area contributed by atoms with Crippen molar-refractivity contribution in [2.75, 3.05) is 0 Å². The third-order valence-corrected chi connectivity index (χ3v) is 4.46. The van der Waals surface area contributed by atoms with Crippen molar-refractivity contribution in [2.24, 2.45) is 0 Å². The molecule has 1 N–H and O–H groups in total. The minimum Gasteiger partial charge on any atom is -0.307 e. The van der Waals surface area contributed by atoms with Crippen LogP contribution in [0.4, 0.5) is 0 Å². The minimum absolute atomic E-state index is 0.404. The molecule has 0 radical (unpaired) electrons. The van der Waals surface area contributed by atoms with Gasteiger partial charge in [0.15, 0.2) is 0 Å². The number of pyridine rings is 1. The average Bonchev–Trinajstić information content (AvgIpc) is 2.44. The fourth-order valence-corrected chi connectivity index (χ4v) is 3.15. The lowest BCUT2D eigenvalue weighted by Gasteiger charge is -2.39. The molecule has 2 aromatic rings. The van der Waals surface area contributed by atoms with Gasteiger partial charge in [-0.3, -0.25) is 4.98 Å². The van der Waals surface area contributed by atoms with Gasteiger partial charge in [-0.1, -0.05) is 24.3 Å². The van der Waals surface area contributed by atoms with Crippen molar-refractivity contribution in [3.8, 4) is 0 Å². The summed E-state index contributed by atoms with van der Waals surface area (Å²) < 4.78 is 0. The zero-order valence-electron chi connectivity index (χ0n) is 12.2. The molecule has 1 aromatic carbocycles. The molecule has 0 amide bonds. The van der Waals surface area contributed by atoms with E-state index in [1.54, 1.807) is 0 Å². The summed E-state index contributed by atoms with van der Waals surface area (Å²) in [5.74, 6) is 0.735. The van der Waals surface area contributed by atoms with Crippen LogP contribution in [0.5, 0.6) is 0 Å². The highest BCUT2D eigenvalue weighted by atomic mass is 15.0. The van der Waals surface area contributed by atoms with E-state index in [0.717, 1.165) is 5.92 Å². The fraction of sp³-hybridized carbons (Fsp3) is 0.389. The summed E-state index contributed by atoms with van der Waals surface area (Å²) in [7, 11) is 0. The van der Waals surface area contributed by atoms with E-state index in [9.17, 15) is 0 Å². The lowest BCUT2D eigenvalue weighted by Crippen LogP contribution is -2.41. The molecule has 20 heavy (non-hydrogen) atoms. The highest BCUT2D eigenvalue weighted by molar-refractivity contribution is 5.31. The summed E-state index contributed by atoms with van der Waals surface area (Å²) in [4.78, 5) is 4.07. The summed E-state index contributed by atoms with van der Waals surface area (Å²) in [5.41, 5.74) is 4.28. The summed E-state index contributed by atoms with van der Waals surface area (Å²) in [6.07, 6.45) is 6.23. The Morgan fingerprint density at radius 1 is 1.10 bits per heavy atom. The maximum absolute atomic E-state index is 4.07. The zero-order valence-corrected chi connectivity index (χ0v) is 12.2. The molecule has 1 aromatic heterocycles. The molecule has 3 rings (SSSR count). The van der Waals surface area contributed by atoms with Crippen LogP contribution in [-0.2, 0) is 0 Å². The van der Waals surface area contributed by atoms with Gasteiger partial charge < -0.3 is 5.32 Å². The predicted molar refractivity (Wildman–Crippen MR) is 82.7 cm³/mol. The largest absolute Gasteiger partial charge is 0.307 e. The smallest absolute Gasteiger partial charge is 0.0295 e. The molecule has 2 heteroatoms. The van der Waals surface area contributed by atoms with Gasteiger partial charge in [-0.2, -0.15) is 0 Å². The number of hydrogen-bond acceptors (Lipinski definition) is 2. The number of hydrogen-bond donors (Lipinski definition) is 1. The van der Waals surface area contributed by atoms with Gasteiger partial charge in [0, 0.05) is 24.5 Å². The van der Waals surface area contributed by atoms with Crippen LogP contribution in [0.1, 0.15) is 48.4 Å². The van der Waals surface area contributed by atoms with Crippen LogP contribution in [0.15, 0.2) is 48.8 Å². The number of aromatic nitrogens is 1. The molecule has 1 atom stereocenters. The first-order valence-electron chi connectivity index (χ1n) is 7.45. The van der Waals surface area contributed by atoms with Crippen LogP contribution < -0.4 is 5.32 Å². The summed E-state index contributed by atoms with van der Waals surface area (Å²) in [5, 5.41) is 3.72.